The quantitative estimate of drug-likeness (QED) is 0.290. The molecule has 0 radical (unpaired) electrons. The number of hydrogen-bond donors (Lipinski definition) is 3. The predicted molar refractivity (Wildman–Crippen MR) is 125 cm³/mol. The van der Waals surface area contributed by atoms with Gasteiger partial charge in [0.25, 0.3) is 5.65 Å². The predicted octanol–water partition coefficient (Wildman–Crippen LogP) is 4.60. The zero-order valence-corrected chi connectivity index (χ0v) is 18.4. The molecule has 0 atom stereocenters. The van der Waals surface area contributed by atoms with E-state index in [1.165, 1.54) is 18.3 Å². The average molecular weight is 483 g/mol. The number of pyridine rings is 1. The summed E-state index contributed by atoms with van der Waals surface area (Å²) in [6, 6.07) is 11.2. The van der Waals surface area contributed by atoms with Crippen molar-refractivity contribution in [2.75, 3.05) is 0 Å². The van der Waals surface area contributed by atoms with Crippen LogP contribution in [0.5, 0.6) is 0 Å². The molecular weight excluding hydrogens is 467 g/mol. The lowest BCUT2D eigenvalue weighted by atomic mass is 10.0. The number of carboxylic acid groups (broad SMARTS) is 1. The number of hydrogen-bond acceptors (Lipinski definition) is 4. The van der Waals surface area contributed by atoms with Crippen LogP contribution in [0.25, 0.3) is 33.4 Å². The van der Waals surface area contributed by atoms with E-state index in [9.17, 15) is 14.8 Å². The third-order valence-electron chi connectivity index (χ3n) is 4.95. The molecule has 0 bridgehead atoms. The first-order valence-electron chi connectivity index (χ1n) is 9.68. The number of allylic oxidation sites excluding steroid dienone is 2. The zero-order valence-electron chi connectivity index (χ0n) is 16.9. The number of benzene rings is 1. The van der Waals surface area contributed by atoms with E-state index in [2.05, 4.69) is 15.2 Å². The molecule has 0 fully saturated rings. The molecule has 5 rings (SSSR count). The number of Topliss-reactive ketones (excluding diaryl/α,β-unsaturated/α-hetero) is 1. The van der Waals surface area contributed by atoms with Gasteiger partial charge >= 0.3 is 5.97 Å². The largest absolute Gasteiger partial charge is 0.711 e. The first-order chi connectivity index (χ1) is 15.9. The number of nitrogens with one attached hydrogen (secondary N) is 2. The van der Waals surface area contributed by atoms with E-state index in [-0.39, 0.29) is 22.8 Å². The van der Waals surface area contributed by atoms with Crippen LogP contribution < -0.4 is 4.73 Å². The van der Waals surface area contributed by atoms with Gasteiger partial charge in [0, 0.05) is 17.0 Å². The number of rotatable bonds is 3. The van der Waals surface area contributed by atoms with Crippen LogP contribution in [0.15, 0.2) is 77.7 Å². The molecule has 8 nitrogen and oxygen atoms in total. The minimum Gasteiger partial charge on any atom is -0.711 e. The number of carbonyl (C=O) groups is 2. The van der Waals surface area contributed by atoms with Crippen LogP contribution in [-0.2, 0) is 9.59 Å². The molecule has 166 valence electrons. The number of nitrogens with zero attached hydrogens (tertiary/aromatic N) is 2. The molecule has 3 N–H and O–H groups in total. The van der Waals surface area contributed by atoms with Crippen molar-refractivity contribution < 1.29 is 19.4 Å². The lowest BCUT2D eigenvalue weighted by Crippen LogP contribution is -2.25. The second-order valence-electron chi connectivity index (χ2n) is 7.03. The highest BCUT2D eigenvalue weighted by Crippen LogP contribution is 2.34. The van der Waals surface area contributed by atoms with Crippen molar-refractivity contribution in [2.45, 2.75) is 6.42 Å². The Morgan fingerprint density at radius 2 is 2.00 bits per heavy atom. The maximum Gasteiger partial charge on any atom is 0.337 e. The monoisotopic (exact) mass is 482 g/mol. The van der Waals surface area contributed by atoms with Crippen LogP contribution in [0.4, 0.5) is 0 Å². The molecule has 0 saturated carbocycles. The summed E-state index contributed by atoms with van der Waals surface area (Å²) < 4.78 is 0.814. The van der Waals surface area contributed by atoms with Crippen molar-refractivity contribution in [3.63, 3.8) is 0 Å². The first kappa shape index (κ1) is 22.3. The van der Waals surface area contributed by atoms with Crippen LogP contribution in [0.2, 0.25) is 5.02 Å². The third kappa shape index (κ3) is 4.52. The maximum absolute atomic E-state index is 11.8. The molecule has 33 heavy (non-hydrogen) atoms. The van der Waals surface area contributed by atoms with Crippen molar-refractivity contribution >= 4 is 46.0 Å². The van der Waals surface area contributed by atoms with Crippen LogP contribution in [0.3, 0.4) is 0 Å². The molecule has 1 aromatic carbocycles. The molecule has 0 saturated heterocycles. The van der Waals surface area contributed by atoms with E-state index < -0.39 is 5.97 Å². The first-order valence-corrected chi connectivity index (χ1v) is 10.4. The number of H-pyrrole nitrogens is 2. The fourth-order valence-electron chi connectivity index (χ4n) is 3.40. The molecule has 1 aliphatic rings. The van der Waals surface area contributed by atoms with Gasteiger partial charge in [0.2, 0.25) is 0 Å². The fraction of sp³-hybridized carbons (Fsp3) is 0.0435. The average Bonchev–Trinajstić information content (AvgIpc) is 3.43. The molecule has 3 aromatic heterocycles. The number of fused-ring (bicyclic) bond motifs is 1. The number of halogens is 2. The Labute approximate surface area is 197 Å². The van der Waals surface area contributed by atoms with Gasteiger partial charge in [-0.1, -0.05) is 41.4 Å². The summed E-state index contributed by atoms with van der Waals surface area (Å²) in [6.07, 6.45) is 8.04. The Balaban J connectivity index is 0.000000200. The summed E-state index contributed by atoms with van der Waals surface area (Å²) in [4.78, 5) is 24.2. The molecule has 4 aromatic rings. The minimum atomic E-state index is -1.17. The van der Waals surface area contributed by atoms with E-state index in [1.807, 2.05) is 30.3 Å². The van der Waals surface area contributed by atoms with Gasteiger partial charge in [-0.05, 0) is 35.9 Å². The highest BCUT2D eigenvalue weighted by Gasteiger charge is 2.19. The number of carbonyl (C=O) groups excluding carboxylic acids is 1. The second kappa shape index (κ2) is 9.32. The lowest BCUT2D eigenvalue weighted by molar-refractivity contribution is -0.579. The summed E-state index contributed by atoms with van der Waals surface area (Å²) in [7, 11) is 0. The van der Waals surface area contributed by atoms with Gasteiger partial charge in [-0.15, -0.1) is 0 Å². The minimum absolute atomic E-state index is 0.122. The number of ketones is 1. The maximum atomic E-state index is 11.8. The lowest BCUT2D eigenvalue weighted by Gasteiger charge is -2.04. The van der Waals surface area contributed by atoms with Crippen molar-refractivity contribution in [3.8, 4) is 22.4 Å². The zero-order chi connectivity index (χ0) is 23.5. The molecule has 0 aliphatic heterocycles. The Bertz CT molecular complexity index is 1440. The molecule has 0 amide bonds. The Morgan fingerprint density at radius 1 is 1.18 bits per heavy atom. The molecular formula is C23H16Cl2N4O4. The number of aromatic amines is 2. The van der Waals surface area contributed by atoms with Crippen molar-refractivity contribution in [1.29, 1.82) is 0 Å². The van der Waals surface area contributed by atoms with Gasteiger partial charge in [-0.2, -0.15) is 5.10 Å². The SMILES string of the molecule is O=C(O)C1=C(Cl)C(=O)CC=C1.[O-][n+]1cccc2c(-c3[nH]ncc3-c3cccc(Cl)c3)c[nH]c21. The van der Waals surface area contributed by atoms with Crippen molar-refractivity contribution in [1.82, 2.24) is 15.2 Å². The highest BCUT2D eigenvalue weighted by atomic mass is 35.5. The molecule has 10 heteroatoms. The second-order valence-corrected chi connectivity index (χ2v) is 7.84. The van der Waals surface area contributed by atoms with E-state index in [1.54, 1.807) is 18.5 Å². The Kier molecular flexibility index (Phi) is 6.30. The Morgan fingerprint density at radius 3 is 2.73 bits per heavy atom. The molecule has 0 spiro atoms. The van der Waals surface area contributed by atoms with Gasteiger partial charge in [0.15, 0.2) is 5.78 Å². The summed E-state index contributed by atoms with van der Waals surface area (Å²) in [6.45, 7) is 0. The summed E-state index contributed by atoms with van der Waals surface area (Å²) >= 11 is 11.5. The van der Waals surface area contributed by atoms with Crippen LogP contribution in [0.1, 0.15) is 6.42 Å². The van der Waals surface area contributed by atoms with Crippen molar-refractivity contribution in [3.05, 3.63) is 88.0 Å². The van der Waals surface area contributed by atoms with Gasteiger partial charge in [-0.3, -0.25) is 9.89 Å². The highest BCUT2D eigenvalue weighted by molar-refractivity contribution is 6.45. The van der Waals surface area contributed by atoms with Gasteiger partial charge in [0.1, 0.15) is 0 Å². The topological polar surface area (TPSA) is 126 Å². The third-order valence-corrected chi connectivity index (χ3v) is 5.60. The van der Waals surface area contributed by atoms with E-state index in [4.69, 9.17) is 28.3 Å². The standard InChI is InChI=1S/C16H11ClN4O.C7H5ClO3/c17-11-4-1-3-10(7-11)13-9-19-20-15(13)14-8-18-16-12(14)5-2-6-21(16)22;8-6-4(7(10)11)2-1-3-5(6)9/h1-9,18H,(H,19,20);1-2H,3H2,(H,10,11). The van der Waals surface area contributed by atoms with Crippen LogP contribution in [-0.4, -0.2) is 32.0 Å². The van der Waals surface area contributed by atoms with Gasteiger partial charge in [0.05, 0.1) is 45.8 Å². The fourth-order valence-corrected chi connectivity index (χ4v) is 3.81. The number of carboxylic acids is 1. The van der Waals surface area contributed by atoms with Gasteiger partial charge < -0.3 is 10.3 Å². The summed E-state index contributed by atoms with van der Waals surface area (Å²) in [5, 5.41) is 28.8. The van der Waals surface area contributed by atoms with Crippen LogP contribution >= 0.6 is 23.2 Å². The van der Waals surface area contributed by atoms with Gasteiger partial charge in [-0.25, -0.2) is 14.5 Å². The van der Waals surface area contributed by atoms with E-state index in [0.717, 1.165) is 32.5 Å². The summed E-state index contributed by atoms with van der Waals surface area (Å²) in [5.41, 5.74) is 4.04. The van der Waals surface area contributed by atoms with Crippen molar-refractivity contribution in [2.24, 2.45) is 0 Å². The number of aromatic nitrogens is 4. The van der Waals surface area contributed by atoms with Crippen LogP contribution in [0, 0.1) is 5.21 Å². The summed E-state index contributed by atoms with van der Waals surface area (Å²) in [5.74, 6) is -1.51. The molecule has 0 unspecified atom stereocenters. The van der Waals surface area contributed by atoms with E-state index in [0.29, 0.717) is 10.7 Å². The smallest absolute Gasteiger partial charge is 0.337 e. The molecule has 1 aliphatic carbocycles. The van der Waals surface area contributed by atoms with E-state index >= 15 is 0 Å². The normalized spacial score (nSPS) is 13.2. The number of aliphatic carboxylic acids is 1. The Hall–Kier alpha value is -3.88. The molecule has 3 heterocycles.